The minimum Gasteiger partial charge on any atom is -0.354 e. The molecule has 8 nitrogen and oxygen atoms in total. The largest absolute Gasteiger partial charge is 0.354 e. The lowest BCUT2D eigenvalue weighted by Crippen LogP contribution is -2.14. The number of aromatic nitrogens is 3. The van der Waals surface area contributed by atoms with E-state index in [0.29, 0.717) is 17.2 Å². The van der Waals surface area contributed by atoms with Gasteiger partial charge in [-0.3, -0.25) is 0 Å². The van der Waals surface area contributed by atoms with Gasteiger partial charge < -0.3 is 9.84 Å². The Kier molecular flexibility index (Phi) is 4.41. The summed E-state index contributed by atoms with van der Waals surface area (Å²) in [6.45, 7) is 6.18. The summed E-state index contributed by atoms with van der Waals surface area (Å²) in [6, 6.07) is 0. The molecule has 0 unspecified atom stereocenters. The Labute approximate surface area is 123 Å². The van der Waals surface area contributed by atoms with Crippen molar-refractivity contribution in [2.45, 2.75) is 32.1 Å². The number of hydrogen-bond donors (Lipinski definition) is 2. The summed E-state index contributed by atoms with van der Waals surface area (Å²) in [4.78, 5) is 7.88. The maximum absolute atomic E-state index is 12.2. The van der Waals surface area contributed by atoms with Crippen molar-refractivity contribution in [1.29, 1.82) is 0 Å². The van der Waals surface area contributed by atoms with E-state index in [2.05, 4.69) is 25.2 Å². The third-order valence-electron chi connectivity index (χ3n) is 2.86. The lowest BCUT2D eigenvalue weighted by atomic mass is 10.3. The highest BCUT2D eigenvalue weighted by Gasteiger charge is 2.20. The summed E-state index contributed by atoms with van der Waals surface area (Å²) in [5.41, 5.74) is 1.27. The van der Waals surface area contributed by atoms with Crippen LogP contribution in [-0.2, 0) is 10.0 Å². The first-order valence-corrected chi connectivity index (χ1v) is 7.94. The summed E-state index contributed by atoms with van der Waals surface area (Å²) >= 11 is 0. The monoisotopic (exact) mass is 311 g/mol. The number of sulfonamides is 1. The lowest BCUT2D eigenvalue weighted by Gasteiger charge is -2.06. The zero-order chi connectivity index (χ0) is 15.5. The molecule has 0 spiro atoms. The van der Waals surface area contributed by atoms with Crippen LogP contribution in [0, 0.1) is 13.8 Å². The van der Waals surface area contributed by atoms with Crippen LogP contribution in [0.1, 0.15) is 24.6 Å². The molecule has 2 aromatic rings. The summed E-state index contributed by atoms with van der Waals surface area (Å²) in [5, 5.41) is 6.67. The highest BCUT2D eigenvalue weighted by atomic mass is 32.2. The second-order valence-corrected chi connectivity index (χ2v) is 6.18. The van der Waals surface area contributed by atoms with Crippen molar-refractivity contribution in [2.24, 2.45) is 0 Å². The molecule has 9 heteroatoms. The van der Waals surface area contributed by atoms with Crippen LogP contribution >= 0.6 is 0 Å². The van der Waals surface area contributed by atoms with Crippen molar-refractivity contribution in [3.8, 4) is 0 Å². The predicted molar refractivity (Wildman–Crippen MR) is 77.6 cm³/mol. The van der Waals surface area contributed by atoms with Gasteiger partial charge in [-0.1, -0.05) is 12.1 Å². The fourth-order valence-corrected chi connectivity index (χ4v) is 2.41. The molecule has 0 amide bonds. The van der Waals surface area contributed by atoms with Crippen molar-refractivity contribution in [2.75, 3.05) is 16.6 Å². The second-order valence-electron chi connectivity index (χ2n) is 4.50. The Morgan fingerprint density at radius 1 is 1.24 bits per heavy atom. The van der Waals surface area contributed by atoms with Crippen molar-refractivity contribution in [3.05, 3.63) is 23.7 Å². The quantitative estimate of drug-likeness (QED) is 0.835. The molecule has 0 aromatic carbocycles. The van der Waals surface area contributed by atoms with E-state index in [1.54, 1.807) is 13.8 Å². The molecule has 2 heterocycles. The van der Waals surface area contributed by atoms with Crippen LogP contribution in [0.5, 0.6) is 0 Å². The second kappa shape index (κ2) is 6.08. The molecule has 2 aromatic heterocycles. The van der Waals surface area contributed by atoms with Crippen LogP contribution in [0.3, 0.4) is 0 Å². The van der Waals surface area contributed by atoms with Gasteiger partial charge in [0.1, 0.15) is 4.90 Å². The smallest absolute Gasteiger partial charge is 0.267 e. The standard InChI is InChI=1S/C12H17N5O3S/c1-4-5-13-12-14-6-10(7-15-12)21(18,19)17-11-8(2)9(3)16-20-11/h6-7,17H,4-5H2,1-3H3,(H,13,14,15). The first kappa shape index (κ1) is 15.2. The van der Waals surface area contributed by atoms with Crippen LogP contribution in [-0.4, -0.2) is 30.1 Å². The Balaban J connectivity index is 2.17. The molecule has 0 saturated carbocycles. The van der Waals surface area contributed by atoms with Crippen LogP contribution in [0.2, 0.25) is 0 Å². The molecular weight excluding hydrogens is 294 g/mol. The van der Waals surface area contributed by atoms with Crippen LogP contribution in [0.4, 0.5) is 11.8 Å². The molecule has 0 aliphatic carbocycles. The van der Waals surface area contributed by atoms with Gasteiger partial charge in [-0.05, 0) is 20.3 Å². The Morgan fingerprint density at radius 3 is 2.43 bits per heavy atom. The fraction of sp³-hybridized carbons (Fsp3) is 0.417. The minimum atomic E-state index is -3.80. The average Bonchev–Trinajstić information content (AvgIpc) is 2.77. The van der Waals surface area contributed by atoms with Crippen molar-refractivity contribution in [1.82, 2.24) is 15.1 Å². The average molecular weight is 311 g/mol. The molecule has 0 saturated heterocycles. The number of anilines is 2. The highest BCUT2D eigenvalue weighted by Crippen LogP contribution is 2.21. The zero-order valence-corrected chi connectivity index (χ0v) is 12.9. The Morgan fingerprint density at radius 2 is 1.90 bits per heavy atom. The Bertz CT molecular complexity index is 709. The van der Waals surface area contributed by atoms with Crippen molar-refractivity contribution >= 4 is 21.9 Å². The number of rotatable bonds is 6. The van der Waals surface area contributed by atoms with Gasteiger partial charge >= 0.3 is 0 Å². The van der Waals surface area contributed by atoms with Crippen molar-refractivity contribution < 1.29 is 12.9 Å². The normalized spacial score (nSPS) is 11.4. The molecule has 0 fully saturated rings. The van der Waals surface area contributed by atoms with E-state index >= 15 is 0 Å². The summed E-state index contributed by atoms with van der Waals surface area (Å²) in [7, 11) is -3.80. The predicted octanol–water partition coefficient (Wildman–Crippen LogP) is 1.70. The minimum absolute atomic E-state index is 0.0435. The first-order chi connectivity index (χ1) is 9.94. The van der Waals surface area contributed by atoms with Gasteiger partial charge in [0.05, 0.1) is 18.1 Å². The molecule has 0 aliphatic heterocycles. The van der Waals surface area contributed by atoms with Gasteiger partial charge in [-0.15, -0.1) is 0 Å². The van der Waals surface area contributed by atoms with E-state index < -0.39 is 10.0 Å². The lowest BCUT2D eigenvalue weighted by molar-refractivity contribution is 0.430. The van der Waals surface area contributed by atoms with E-state index in [-0.39, 0.29) is 10.8 Å². The van der Waals surface area contributed by atoms with Crippen LogP contribution in [0.15, 0.2) is 21.8 Å². The molecule has 0 atom stereocenters. The number of aryl methyl sites for hydroxylation is 1. The van der Waals surface area contributed by atoms with Crippen LogP contribution in [0.25, 0.3) is 0 Å². The summed E-state index contributed by atoms with van der Waals surface area (Å²) in [6.07, 6.45) is 3.41. The zero-order valence-electron chi connectivity index (χ0n) is 12.0. The maximum atomic E-state index is 12.2. The number of nitrogens with one attached hydrogen (secondary N) is 2. The summed E-state index contributed by atoms with van der Waals surface area (Å²) in [5.74, 6) is 0.489. The fourth-order valence-electron chi connectivity index (χ4n) is 1.47. The van der Waals surface area contributed by atoms with Gasteiger partial charge in [-0.2, -0.15) is 0 Å². The van der Waals surface area contributed by atoms with E-state index in [0.717, 1.165) is 13.0 Å². The number of nitrogens with zero attached hydrogens (tertiary/aromatic N) is 3. The van der Waals surface area contributed by atoms with Crippen LogP contribution < -0.4 is 10.0 Å². The summed E-state index contributed by atoms with van der Waals surface area (Å²) < 4.78 is 31.6. The first-order valence-electron chi connectivity index (χ1n) is 6.45. The van der Waals surface area contributed by atoms with Gasteiger partial charge in [0, 0.05) is 12.1 Å². The van der Waals surface area contributed by atoms with Gasteiger partial charge in [0.2, 0.25) is 11.8 Å². The molecule has 0 bridgehead atoms. The highest BCUT2D eigenvalue weighted by molar-refractivity contribution is 7.92. The SMILES string of the molecule is CCCNc1ncc(S(=O)(=O)Nc2onc(C)c2C)cn1. The van der Waals surface area contributed by atoms with E-state index in [1.165, 1.54) is 12.4 Å². The maximum Gasteiger partial charge on any atom is 0.267 e. The number of hydrogen-bond acceptors (Lipinski definition) is 7. The molecule has 114 valence electrons. The molecule has 21 heavy (non-hydrogen) atoms. The van der Waals surface area contributed by atoms with E-state index in [4.69, 9.17) is 4.52 Å². The van der Waals surface area contributed by atoms with Gasteiger partial charge in [-0.25, -0.2) is 23.1 Å². The third-order valence-corrected chi connectivity index (χ3v) is 4.14. The van der Waals surface area contributed by atoms with Gasteiger partial charge in [0.25, 0.3) is 10.0 Å². The Hall–Kier alpha value is -2.16. The molecule has 0 aliphatic rings. The van der Waals surface area contributed by atoms with Gasteiger partial charge in [0.15, 0.2) is 0 Å². The molecule has 2 rings (SSSR count). The molecular formula is C12H17N5O3S. The van der Waals surface area contributed by atoms with Crippen molar-refractivity contribution in [3.63, 3.8) is 0 Å². The van der Waals surface area contributed by atoms with E-state index in [9.17, 15) is 8.42 Å². The molecule has 0 radical (unpaired) electrons. The third kappa shape index (κ3) is 3.48. The molecule has 2 N–H and O–H groups in total. The topological polar surface area (TPSA) is 110 Å². The van der Waals surface area contributed by atoms with E-state index in [1.807, 2.05) is 6.92 Å².